The highest BCUT2D eigenvalue weighted by molar-refractivity contribution is 5.87. The van der Waals surface area contributed by atoms with Gasteiger partial charge in [-0.15, -0.1) is 0 Å². The van der Waals surface area contributed by atoms with Crippen molar-refractivity contribution in [2.75, 3.05) is 0 Å². The second-order valence-corrected chi connectivity index (χ2v) is 3.45. The van der Waals surface area contributed by atoms with Crippen LogP contribution in [0.4, 0.5) is 0 Å². The predicted octanol–water partition coefficient (Wildman–Crippen LogP) is 1.71. The van der Waals surface area contributed by atoms with Crippen LogP contribution in [0.25, 0.3) is 11.2 Å². The Morgan fingerprint density at radius 1 is 1.56 bits per heavy atom. The zero-order valence-electron chi connectivity index (χ0n) is 8.80. The Kier molecular flexibility index (Phi) is 2.47. The number of nitrogens with zero attached hydrogens (tertiary/aromatic N) is 2. The molecule has 0 fully saturated rings. The van der Waals surface area contributed by atoms with E-state index in [-0.39, 0.29) is 23.2 Å². The smallest absolute Gasteiger partial charge is 0.392 e. The Hall–Kier alpha value is -2.11. The Bertz CT molecular complexity index is 533. The van der Waals surface area contributed by atoms with E-state index >= 15 is 0 Å². The molecule has 0 atom stereocenters. The maximum atomic E-state index is 10.7. The van der Waals surface area contributed by atoms with Gasteiger partial charge in [-0.1, -0.05) is 0 Å². The number of carbonyl (C=O) groups is 1. The molecular weight excluding hydrogens is 212 g/mol. The second kappa shape index (κ2) is 3.80. The average molecular weight is 222 g/mol. The summed E-state index contributed by atoms with van der Waals surface area (Å²) in [5.41, 5.74) is 0.490. The van der Waals surface area contributed by atoms with Crippen molar-refractivity contribution >= 4 is 17.2 Å². The van der Waals surface area contributed by atoms with Crippen molar-refractivity contribution in [2.45, 2.75) is 20.0 Å². The number of rotatable bonds is 3. The van der Waals surface area contributed by atoms with E-state index in [1.807, 2.05) is 13.8 Å². The van der Waals surface area contributed by atoms with E-state index < -0.39 is 5.97 Å². The predicted molar refractivity (Wildman–Crippen MR) is 54.5 cm³/mol. The van der Waals surface area contributed by atoms with E-state index in [0.717, 1.165) is 0 Å². The van der Waals surface area contributed by atoms with Crippen LogP contribution in [0.1, 0.15) is 24.5 Å². The zero-order valence-corrected chi connectivity index (χ0v) is 8.80. The highest BCUT2D eigenvalue weighted by Crippen LogP contribution is 2.25. The van der Waals surface area contributed by atoms with E-state index in [0.29, 0.717) is 5.75 Å². The molecule has 16 heavy (non-hydrogen) atoms. The molecule has 0 saturated heterocycles. The first kappa shape index (κ1) is 10.4. The molecule has 0 radical (unpaired) electrons. The first-order valence-corrected chi connectivity index (χ1v) is 4.73. The number of hydrogen-bond donors (Lipinski definition) is 1. The van der Waals surface area contributed by atoms with E-state index in [1.54, 1.807) is 6.07 Å². The lowest BCUT2D eigenvalue weighted by atomic mass is 10.4. The fourth-order valence-corrected chi connectivity index (χ4v) is 1.25. The van der Waals surface area contributed by atoms with Crippen molar-refractivity contribution in [3.05, 3.63) is 18.2 Å². The summed E-state index contributed by atoms with van der Waals surface area (Å²) < 4.78 is 10.5. The fourth-order valence-electron chi connectivity index (χ4n) is 1.25. The summed E-state index contributed by atoms with van der Waals surface area (Å²) in [5.74, 6) is -1.17. The third kappa shape index (κ3) is 1.81. The number of carboxylic acid groups (broad SMARTS) is 1. The van der Waals surface area contributed by atoms with Crippen LogP contribution in [-0.2, 0) is 0 Å². The minimum Gasteiger partial charge on any atom is -0.487 e. The molecule has 6 heteroatoms. The van der Waals surface area contributed by atoms with Gasteiger partial charge in [0.1, 0.15) is 0 Å². The van der Waals surface area contributed by atoms with Crippen LogP contribution in [0.2, 0.25) is 0 Å². The molecule has 84 valence electrons. The van der Waals surface area contributed by atoms with Crippen molar-refractivity contribution in [3.63, 3.8) is 0 Å². The molecule has 2 aromatic heterocycles. The van der Waals surface area contributed by atoms with Gasteiger partial charge in [0.25, 0.3) is 0 Å². The number of aromatic carboxylic acids is 1. The van der Waals surface area contributed by atoms with Gasteiger partial charge >= 0.3 is 11.9 Å². The number of aromatic nitrogens is 2. The second-order valence-electron chi connectivity index (χ2n) is 3.45. The lowest BCUT2D eigenvalue weighted by molar-refractivity contribution is 0.0656. The Labute approximate surface area is 90.9 Å². The van der Waals surface area contributed by atoms with Crippen LogP contribution in [0, 0.1) is 0 Å². The summed E-state index contributed by atoms with van der Waals surface area (Å²) >= 11 is 0. The zero-order chi connectivity index (χ0) is 11.7. The third-order valence-corrected chi connectivity index (χ3v) is 1.80. The summed E-state index contributed by atoms with van der Waals surface area (Å²) in [7, 11) is 0. The molecule has 1 N–H and O–H groups in total. The van der Waals surface area contributed by atoms with Crippen LogP contribution < -0.4 is 4.74 Å². The minimum atomic E-state index is -1.23. The van der Waals surface area contributed by atoms with Gasteiger partial charge < -0.3 is 14.3 Å². The molecular formula is C10H10N2O4. The molecule has 2 heterocycles. The van der Waals surface area contributed by atoms with Crippen LogP contribution in [0.3, 0.4) is 0 Å². The Balaban J connectivity index is 2.54. The molecule has 6 nitrogen and oxygen atoms in total. The van der Waals surface area contributed by atoms with Crippen LogP contribution in [-0.4, -0.2) is 27.1 Å². The largest absolute Gasteiger partial charge is 0.487 e. The SMILES string of the molecule is CC(C)Oc1ccnc2nc(C(=O)O)oc12. The molecule has 0 spiro atoms. The number of oxazole rings is 1. The topological polar surface area (TPSA) is 85.5 Å². The summed E-state index contributed by atoms with van der Waals surface area (Å²) in [5, 5.41) is 8.73. The molecule has 0 aliphatic carbocycles. The molecule has 0 unspecified atom stereocenters. The summed E-state index contributed by atoms with van der Waals surface area (Å²) in [6.07, 6.45) is 1.46. The Morgan fingerprint density at radius 2 is 2.31 bits per heavy atom. The standard InChI is InChI=1S/C10H10N2O4/c1-5(2)15-6-3-4-11-8-7(6)16-9(12-8)10(13)14/h3-5H,1-2H3,(H,13,14). The van der Waals surface area contributed by atoms with Gasteiger partial charge in [0.05, 0.1) is 6.10 Å². The first-order valence-electron chi connectivity index (χ1n) is 4.73. The molecule has 2 rings (SSSR count). The number of ether oxygens (including phenoxy) is 1. The maximum Gasteiger partial charge on any atom is 0.392 e. The van der Waals surface area contributed by atoms with Gasteiger partial charge in [-0.25, -0.2) is 9.78 Å². The summed E-state index contributed by atoms with van der Waals surface area (Å²) in [6.45, 7) is 3.72. The van der Waals surface area contributed by atoms with E-state index in [9.17, 15) is 4.79 Å². The lowest BCUT2D eigenvalue weighted by Gasteiger charge is -2.08. The van der Waals surface area contributed by atoms with Crippen LogP contribution in [0.5, 0.6) is 5.75 Å². The molecule has 0 bridgehead atoms. The molecule has 0 aliphatic heterocycles. The van der Waals surface area contributed by atoms with Gasteiger partial charge in [0.15, 0.2) is 5.75 Å². The molecule has 0 aromatic carbocycles. The number of pyridine rings is 1. The van der Waals surface area contributed by atoms with Gasteiger partial charge in [0.2, 0.25) is 11.2 Å². The number of carboxylic acids is 1. The van der Waals surface area contributed by atoms with Gasteiger partial charge in [-0.2, -0.15) is 4.98 Å². The van der Waals surface area contributed by atoms with Crippen LogP contribution in [0.15, 0.2) is 16.7 Å². The highest BCUT2D eigenvalue weighted by atomic mass is 16.5. The van der Waals surface area contributed by atoms with Gasteiger partial charge in [-0.3, -0.25) is 0 Å². The van der Waals surface area contributed by atoms with E-state index in [4.69, 9.17) is 14.3 Å². The van der Waals surface area contributed by atoms with Crippen molar-refractivity contribution < 1.29 is 19.1 Å². The van der Waals surface area contributed by atoms with Crippen molar-refractivity contribution in [1.29, 1.82) is 0 Å². The number of fused-ring (bicyclic) bond motifs is 1. The molecule has 2 aromatic rings. The van der Waals surface area contributed by atoms with Gasteiger partial charge in [-0.05, 0) is 13.8 Å². The van der Waals surface area contributed by atoms with Gasteiger partial charge in [0, 0.05) is 12.3 Å². The monoisotopic (exact) mass is 222 g/mol. The molecule has 0 amide bonds. The average Bonchev–Trinajstić information content (AvgIpc) is 2.61. The van der Waals surface area contributed by atoms with Crippen molar-refractivity contribution in [2.24, 2.45) is 0 Å². The first-order chi connectivity index (χ1) is 7.58. The molecule has 0 saturated carbocycles. The lowest BCUT2D eigenvalue weighted by Crippen LogP contribution is -2.05. The summed E-state index contributed by atoms with van der Waals surface area (Å²) in [4.78, 5) is 18.3. The highest BCUT2D eigenvalue weighted by Gasteiger charge is 2.17. The fraction of sp³-hybridized carbons (Fsp3) is 0.300. The van der Waals surface area contributed by atoms with E-state index in [1.165, 1.54) is 6.20 Å². The molecule has 0 aliphatic rings. The minimum absolute atomic E-state index is 0.0380. The third-order valence-electron chi connectivity index (χ3n) is 1.80. The van der Waals surface area contributed by atoms with Crippen molar-refractivity contribution in [1.82, 2.24) is 9.97 Å². The van der Waals surface area contributed by atoms with Crippen molar-refractivity contribution in [3.8, 4) is 5.75 Å². The normalized spacial score (nSPS) is 10.9. The number of hydrogen-bond acceptors (Lipinski definition) is 5. The van der Waals surface area contributed by atoms with Crippen LogP contribution >= 0.6 is 0 Å². The maximum absolute atomic E-state index is 10.7. The summed E-state index contributed by atoms with van der Waals surface area (Å²) in [6, 6.07) is 1.61. The quantitative estimate of drug-likeness (QED) is 0.850. The van der Waals surface area contributed by atoms with E-state index in [2.05, 4.69) is 9.97 Å². The Morgan fingerprint density at radius 3 is 2.94 bits per heavy atom.